The van der Waals surface area contributed by atoms with E-state index >= 15 is 0 Å². The molecule has 0 aliphatic heterocycles. The molecule has 2 heteroatoms. The molecular weight excluding hydrogens is 212 g/mol. The Morgan fingerprint density at radius 3 is 2.31 bits per heavy atom. The largest absolute Gasteiger partial charge is 0.424 e. The maximum Gasteiger partial charge on any atom is 0.164 e. The van der Waals surface area contributed by atoms with E-state index in [4.69, 9.17) is 4.43 Å². The van der Waals surface area contributed by atoms with Gasteiger partial charge in [0, 0.05) is 6.61 Å². The van der Waals surface area contributed by atoms with Crippen molar-refractivity contribution in [3.63, 3.8) is 0 Å². The van der Waals surface area contributed by atoms with Crippen molar-refractivity contribution in [2.24, 2.45) is 5.92 Å². The van der Waals surface area contributed by atoms with Crippen LogP contribution in [0.5, 0.6) is 0 Å². The Balaban J connectivity index is 1.42. The van der Waals surface area contributed by atoms with E-state index in [9.17, 15) is 0 Å². The summed E-state index contributed by atoms with van der Waals surface area (Å²) in [5, 5.41) is 0. The van der Waals surface area contributed by atoms with Gasteiger partial charge in [-0.25, -0.2) is 0 Å². The van der Waals surface area contributed by atoms with Crippen LogP contribution in [0, 0.1) is 5.92 Å². The van der Waals surface area contributed by atoms with E-state index in [2.05, 4.69) is 0 Å². The van der Waals surface area contributed by atoms with Crippen molar-refractivity contribution >= 4 is 9.76 Å². The van der Waals surface area contributed by atoms with Gasteiger partial charge in [0.15, 0.2) is 9.76 Å². The molecule has 0 amide bonds. The van der Waals surface area contributed by atoms with Crippen LogP contribution in [-0.4, -0.2) is 16.4 Å². The van der Waals surface area contributed by atoms with E-state index in [-0.39, 0.29) is 9.76 Å². The quantitative estimate of drug-likeness (QED) is 0.507. The van der Waals surface area contributed by atoms with Crippen LogP contribution in [0.25, 0.3) is 0 Å². The predicted molar refractivity (Wildman–Crippen MR) is 72.5 cm³/mol. The molecule has 0 saturated heterocycles. The van der Waals surface area contributed by atoms with Crippen molar-refractivity contribution in [2.75, 3.05) is 6.61 Å². The first-order chi connectivity index (χ1) is 7.95. The molecule has 94 valence electrons. The van der Waals surface area contributed by atoms with Gasteiger partial charge in [-0.2, -0.15) is 0 Å². The van der Waals surface area contributed by atoms with Crippen LogP contribution in [0.2, 0.25) is 5.54 Å². The van der Waals surface area contributed by atoms with Gasteiger partial charge in [0.25, 0.3) is 0 Å². The van der Waals surface area contributed by atoms with Crippen molar-refractivity contribution in [2.45, 2.75) is 76.2 Å². The second kappa shape index (κ2) is 7.49. The molecule has 1 nitrogen and oxygen atoms in total. The lowest BCUT2D eigenvalue weighted by molar-refractivity contribution is 0.294. The smallest absolute Gasteiger partial charge is 0.164 e. The first-order valence-electron chi connectivity index (χ1n) is 7.53. The third kappa shape index (κ3) is 4.58. The molecule has 0 bridgehead atoms. The zero-order valence-corrected chi connectivity index (χ0v) is 12.2. The first-order valence-corrected chi connectivity index (χ1v) is 8.92. The molecule has 0 N–H and O–H groups in total. The Kier molecular flexibility index (Phi) is 5.91. The van der Waals surface area contributed by atoms with Gasteiger partial charge in [0.2, 0.25) is 0 Å². The second-order valence-corrected chi connectivity index (χ2v) is 7.77. The van der Waals surface area contributed by atoms with Gasteiger partial charge in [-0.15, -0.1) is 0 Å². The SMILES string of the molecule is C1CCC([SiH2]OCCCC2CCCC2)CC1. The summed E-state index contributed by atoms with van der Waals surface area (Å²) in [6.07, 6.45) is 16.1. The molecule has 0 atom stereocenters. The van der Waals surface area contributed by atoms with Gasteiger partial charge < -0.3 is 4.43 Å². The van der Waals surface area contributed by atoms with Gasteiger partial charge in [0.05, 0.1) is 0 Å². The van der Waals surface area contributed by atoms with Crippen LogP contribution in [0.1, 0.15) is 70.6 Å². The molecule has 2 rings (SSSR count). The summed E-state index contributed by atoms with van der Waals surface area (Å²) in [7, 11) is -0.176. The lowest BCUT2D eigenvalue weighted by Gasteiger charge is -2.20. The molecule has 2 aliphatic rings. The second-order valence-electron chi connectivity index (χ2n) is 5.87. The van der Waals surface area contributed by atoms with Gasteiger partial charge in [-0.3, -0.25) is 0 Å². The maximum atomic E-state index is 5.97. The molecular formula is C14H28OSi. The number of hydrogen-bond donors (Lipinski definition) is 0. The van der Waals surface area contributed by atoms with E-state index in [0.717, 1.165) is 18.1 Å². The molecule has 16 heavy (non-hydrogen) atoms. The average molecular weight is 240 g/mol. The summed E-state index contributed by atoms with van der Waals surface area (Å²) in [4.78, 5) is 0. The Hall–Kier alpha value is 0.177. The summed E-state index contributed by atoms with van der Waals surface area (Å²) in [5.74, 6) is 1.06. The highest BCUT2D eigenvalue weighted by molar-refractivity contribution is 6.29. The fourth-order valence-corrected chi connectivity index (χ4v) is 4.99. The molecule has 2 fully saturated rings. The fraction of sp³-hybridized carbons (Fsp3) is 1.00. The van der Waals surface area contributed by atoms with Gasteiger partial charge in [0.1, 0.15) is 0 Å². The maximum absolute atomic E-state index is 5.97. The lowest BCUT2D eigenvalue weighted by atomic mass is 10.0. The molecule has 0 aromatic rings. The molecule has 2 saturated carbocycles. The van der Waals surface area contributed by atoms with Crippen LogP contribution in [0.4, 0.5) is 0 Å². The summed E-state index contributed by atoms with van der Waals surface area (Å²) in [6, 6.07) is 0. The monoisotopic (exact) mass is 240 g/mol. The standard InChI is InChI=1S/C14H28OSi/c1-2-10-14(11-3-1)16-15-12-6-9-13-7-4-5-8-13/h13-14H,1-12,16H2. The Labute approximate surface area is 103 Å². The third-order valence-electron chi connectivity index (χ3n) is 4.45. The predicted octanol–water partition coefficient (Wildman–Crippen LogP) is 3.81. The van der Waals surface area contributed by atoms with E-state index in [1.165, 1.54) is 70.6 Å². The minimum atomic E-state index is -0.176. The first kappa shape index (κ1) is 12.6. The molecule has 0 radical (unpaired) electrons. The molecule has 0 heterocycles. The van der Waals surface area contributed by atoms with Crippen molar-refractivity contribution < 1.29 is 4.43 Å². The highest BCUT2D eigenvalue weighted by Gasteiger charge is 2.15. The summed E-state index contributed by atoms with van der Waals surface area (Å²) < 4.78 is 5.97. The van der Waals surface area contributed by atoms with Crippen molar-refractivity contribution in [3.8, 4) is 0 Å². The normalized spacial score (nSPS) is 24.8. The molecule has 0 aromatic heterocycles. The van der Waals surface area contributed by atoms with Crippen LogP contribution < -0.4 is 0 Å². The van der Waals surface area contributed by atoms with Crippen LogP contribution in [-0.2, 0) is 4.43 Å². The third-order valence-corrected chi connectivity index (χ3v) is 6.27. The highest BCUT2D eigenvalue weighted by Crippen LogP contribution is 2.29. The van der Waals surface area contributed by atoms with Crippen molar-refractivity contribution in [1.82, 2.24) is 0 Å². The zero-order valence-electron chi connectivity index (χ0n) is 10.8. The molecule has 0 aromatic carbocycles. The lowest BCUT2D eigenvalue weighted by Crippen LogP contribution is -2.12. The summed E-state index contributed by atoms with van der Waals surface area (Å²) >= 11 is 0. The zero-order chi connectivity index (χ0) is 11.1. The molecule has 0 spiro atoms. The Bertz CT molecular complexity index is 172. The topological polar surface area (TPSA) is 9.23 Å². The van der Waals surface area contributed by atoms with Gasteiger partial charge in [-0.1, -0.05) is 57.8 Å². The minimum absolute atomic E-state index is 0.176. The van der Waals surface area contributed by atoms with Gasteiger partial charge in [-0.05, 0) is 24.3 Å². The van der Waals surface area contributed by atoms with Crippen LogP contribution >= 0.6 is 0 Å². The number of hydrogen-bond acceptors (Lipinski definition) is 1. The number of rotatable bonds is 6. The van der Waals surface area contributed by atoms with E-state index in [0.29, 0.717) is 0 Å². The van der Waals surface area contributed by atoms with Crippen molar-refractivity contribution in [3.05, 3.63) is 0 Å². The van der Waals surface area contributed by atoms with E-state index < -0.39 is 0 Å². The molecule has 0 unspecified atom stereocenters. The van der Waals surface area contributed by atoms with Crippen LogP contribution in [0.15, 0.2) is 0 Å². The van der Waals surface area contributed by atoms with Crippen molar-refractivity contribution in [1.29, 1.82) is 0 Å². The van der Waals surface area contributed by atoms with E-state index in [1.807, 2.05) is 0 Å². The van der Waals surface area contributed by atoms with Crippen LogP contribution in [0.3, 0.4) is 0 Å². The van der Waals surface area contributed by atoms with E-state index in [1.54, 1.807) is 0 Å². The summed E-state index contributed by atoms with van der Waals surface area (Å²) in [5.41, 5.74) is 1.03. The van der Waals surface area contributed by atoms with Gasteiger partial charge >= 0.3 is 0 Å². The Morgan fingerprint density at radius 1 is 0.875 bits per heavy atom. The average Bonchev–Trinajstić information content (AvgIpc) is 2.83. The summed E-state index contributed by atoms with van der Waals surface area (Å²) in [6.45, 7) is 1.08. The minimum Gasteiger partial charge on any atom is -0.424 e. The highest BCUT2D eigenvalue weighted by atomic mass is 28.2. The Morgan fingerprint density at radius 2 is 1.56 bits per heavy atom. The fourth-order valence-electron chi connectivity index (χ4n) is 3.38. The molecule has 2 aliphatic carbocycles.